The van der Waals surface area contributed by atoms with Crippen molar-refractivity contribution >= 4 is 11.9 Å². The number of benzene rings is 1. The molecule has 0 aliphatic carbocycles. The number of aromatic carboxylic acids is 1. The third kappa shape index (κ3) is 4.64. The maximum Gasteiger partial charge on any atom is 0.434 e. The minimum Gasteiger partial charge on any atom is -0.478 e. The molecule has 27 heavy (non-hydrogen) atoms. The van der Waals surface area contributed by atoms with Crippen molar-refractivity contribution in [3.63, 3.8) is 0 Å². The van der Waals surface area contributed by atoms with Crippen molar-refractivity contribution in [1.29, 1.82) is 0 Å². The summed E-state index contributed by atoms with van der Waals surface area (Å²) in [5.41, 5.74) is -2.12. The highest BCUT2D eigenvalue weighted by atomic mass is 19.4. The summed E-state index contributed by atoms with van der Waals surface area (Å²) < 4.78 is 45.2. The lowest BCUT2D eigenvalue weighted by Crippen LogP contribution is -2.37. The minimum absolute atomic E-state index is 0.0182. The van der Waals surface area contributed by atoms with Crippen molar-refractivity contribution in [1.82, 2.24) is 15.1 Å². The van der Waals surface area contributed by atoms with Gasteiger partial charge in [-0.15, -0.1) is 0 Å². The molecule has 1 atom stereocenters. The summed E-state index contributed by atoms with van der Waals surface area (Å²) in [6.45, 7) is 2.21. The molecule has 0 saturated heterocycles. The highest BCUT2D eigenvalue weighted by molar-refractivity contribution is 5.94. The molecule has 2 rings (SSSR count). The average molecular weight is 385 g/mol. The van der Waals surface area contributed by atoms with E-state index in [0.29, 0.717) is 23.9 Å². The van der Waals surface area contributed by atoms with Gasteiger partial charge in [0.1, 0.15) is 5.56 Å². The van der Waals surface area contributed by atoms with Gasteiger partial charge in [-0.1, -0.05) is 6.92 Å². The topological polar surface area (TPSA) is 93.5 Å². The summed E-state index contributed by atoms with van der Waals surface area (Å²) in [5, 5.41) is 15.2. The second-order valence-corrected chi connectivity index (χ2v) is 5.70. The van der Waals surface area contributed by atoms with E-state index in [9.17, 15) is 22.8 Å². The highest BCUT2D eigenvalue weighted by Crippen LogP contribution is 2.33. The van der Waals surface area contributed by atoms with Gasteiger partial charge in [0, 0.05) is 12.7 Å². The van der Waals surface area contributed by atoms with Crippen LogP contribution in [0.4, 0.5) is 13.2 Å². The molecule has 0 spiro atoms. The monoisotopic (exact) mass is 385 g/mol. The van der Waals surface area contributed by atoms with Gasteiger partial charge in [-0.3, -0.25) is 4.79 Å². The zero-order chi connectivity index (χ0) is 20.2. The molecule has 10 heteroatoms. The Morgan fingerprint density at radius 1 is 1.30 bits per heavy atom. The van der Waals surface area contributed by atoms with E-state index in [2.05, 4.69) is 10.4 Å². The quantitative estimate of drug-likeness (QED) is 0.765. The van der Waals surface area contributed by atoms with Crippen LogP contribution in [-0.4, -0.2) is 46.5 Å². The van der Waals surface area contributed by atoms with Crippen LogP contribution in [0.3, 0.4) is 0 Å². The predicted molar refractivity (Wildman–Crippen MR) is 88.9 cm³/mol. The Hall–Kier alpha value is -2.88. The van der Waals surface area contributed by atoms with E-state index in [1.165, 1.54) is 31.4 Å². The first-order valence-corrected chi connectivity index (χ1v) is 7.97. The second kappa shape index (κ2) is 8.21. The molecular formula is C17H18F3N3O4. The van der Waals surface area contributed by atoms with E-state index in [-0.39, 0.29) is 17.3 Å². The van der Waals surface area contributed by atoms with E-state index in [0.717, 1.165) is 0 Å². The fourth-order valence-corrected chi connectivity index (χ4v) is 2.46. The molecule has 0 fully saturated rings. The summed E-state index contributed by atoms with van der Waals surface area (Å²) in [6.07, 6.45) is -3.62. The lowest BCUT2D eigenvalue weighted by atomic mass is 10.1. The summed E-state index contributed by atoms with van der Waals surface area (Å²) in [7, 11) is 1.51. The molecule has 1 amide bonds. The molecule has 7 nitrogen and oxygen atoms in total. The van der Waals surface area contributed by atoms with E-state index >= 15 is 0 Å². The fourth-order valence-electron chi connectivity index (χ4n) is 2.46. The number of carboxylic acids is 1. The molecule has 0 aliphatic heterocycles. The lowest BCUT2D eigenvalue weighted by molar-refractivity contribution is -0.143. The Bertz CT molecular complexity index is 816. The zero-order valence-electron chi connectivity index (χ0n) is 14.6. The van der Waals surface area contributed by atoms with Gasteiger partial charge in [0.25, 0.3) is 5.91 Å². The van der Waals surface area contributed by atoms with Gasteiger partial charge in [0.2, 0.25) is 0 Å². The number of carbonyl (C=O) groups is 2. The van der Waals surface area contributed by atoms with Gasteiger partial charge in [-0.25, -0.2) is 9.48 Å². The van der Waals surface area contributed by atoms with Crippen molar-refractivity contribution in [3.8, 4) is 5.69 Å². The van der Waals surface area contributed by atoms with Crippen molar-refractivity contribution in [2.24, 2.45) is 0 Å². The smallest absolute Gasteiger partial charge is 0.434 e. The molecule has 0 aliphatic rings. The van der Waals surface area contributed by atoms with Crippen LogP contribution in [0.15, 0.2) is 30.5 Å². The van der Waals surface area contributed by atoms with Crippen LogP contribution < -0.4 is 5.32 Å². The molecule has 1 heterocycles. The first-order valence-electron chi connectivity index (χ1n) is 7.97. The normalized spacial score (nSPS) is 12.6. The molecule has 1 aromatic carbocycles. The molecule has 2 aromatic rings. The van der Waals surface area contributed by atoms with Gasteiger partial charge in [-0.2, -0.15) is 18.3 Å². The van der Waals surface area contributed by atoms with Crippen LogP contribution in [0, 0.1) is 0 Å². The molecule has 2 N–H and O–H groups in total. The van der Waals surface area contributed by atoms with Crippen LogP contribution in [0.1, 0.15) is 39.8 Å². The molecular weight excluding hydrogens is 367 g/mol. The number of methoxy groups -OCH3 is 1. The summed E-state index contributed by atoms with van der Waals surface area (Å²) >= 11 is 0. The number of hydrogen-bond donors (Lipinski definition) is 2. The zero-order valence-corrected chi connectivity index (χ0v) is 14.6. The average Bonchev–Trinajstić information content (AvgIpc) is 3.07. The summed E-state index contributed by atoms with van der Waals surface area (Å²) in [4.78, 5) is 23.2. The van der Waals surface area contributed by atoms with Crippen molar-refractivity contribution in [2.45, 2.75) is 25.6 Å². The fraction of sp³-hybridized carbons (Fsp3) is 0.353. The largest absolute Gasteiger partial charge is 0.478 e. The number of alkyl halides is 3. The van der Waals surface area contributed by atoms with Gasteiger partial charge in [-0.05, 0) is 30.7 Å². The van der Waals surface area contributed by atoms with Crippen molar-refractivity contribution < 1.29 is 32.6 Å². The van der Waals surface area contributed by atoms with Crippen LogP contribution >= 0.6 is 0 Å². The third-order valence-corrected chi connectivity index (χ3v) is 3.84. The van der Waals surface area contributed by atoms with Crippen LogP contribution in [0.25, 0.3) is 5.69 Å². The van der Waals surface area contributed by atoms with Gasteiger partial charge < -0.3 is 15.2 Å². The number of ether oxygens (including phenoxy) is 1. The Kier molecular flexibility index (Phi) is 6.21. The lowest BCUT2D eigenvalue weighted by Gasteiger charge is -2.16. The Balaban J connectivity index is 2.31. The number of carboxylic acid groups (broad SMARTS) is 1. The standard InChI is InChI=1S/C17H18F3N3O4/c1-3-11(9-27-2)22-15(24)10-4-6-12(7-5-10)23-14(17(18,19)20)13(8-21-23)16(25)26/h4-8,11H,3,9H2,1-2H3,(H,22,24)(H,25,26). The Morgan fingerprint density at radius 2 is 1.93 bits per heavy atom. The molecule has 1 unspecified atom stereocenters. The van der Waals surface area contributed by atoms with Gasteiger partial charge in [0.15, 0.2) is 5.69 Å². The molecule has 0 radical (unpaired) electrons. The first kappa shape index (κ1) is 20.4. The van der Waals surface area contributed by atoms with Crippen molar-refractivity contribution in [2.75, 3.05) is 13.7 Å². The number of halogens is 3. The van der Waals surface area contributed by atoms with E-state index in [1.54, 1.807) is 0 Å². The highest BCUT2D eigenvalue weighted by Gasteiger charge is 2.40. The van der Waals surface area contributed by atoms with Crippen LogP contribution in [0.5, 0.6) is 0 Å². The van der Waals surface area contributed by atoms with E-state index in [1.807, 2.05) is 6.92 Å². The van der Waals surface area contributed by atoms with Crippen LogP contribution in [0.2, 0.25) is 0 Å². The Labute approximate surface area is 152 Å². The van der Waals surface area contributed by atoms with Crippen molar-refractivity contribution in [3.05, 3.63) is 47.3 Å². The number of hydrogen-bond acceptors (Lipinski definition) is 4. The minimum atomic E-state index is -4.91. The van der Waals surface area contributed by atoms with Gasteiger partial charge in [0.05, 0.1) is 24.5 Å². The van der Waals surface area contributed by atoms with E-state index < -0.39 is 29.3 Å². The first-order chi connectivity index (χ1) is 12.7. The Morgan fingerprint density at radius 3 is 2.41 bits per heavy atom. The molecule has 146 valence electrons. The number of amides is 1. The predicted octanol–water partition coefficient (Wildman–Crippen LogP) is 2.74. The van der Waals surface area contributed by atoms with Crippen LogP contribution in [-0.2, 0) is 10.9 Å². The molecule has 0 saturated carbocycles. The molecule has 1 aromatic heterocycles. The number of rotatable bonds is 7. The number of carbonyl (C=O) groups excluding carboxylic acids is 1. The number of aromatic nitrogens is 2. The van der Waals surface area contributed by atoms with E-state index in [4.69, 9.17) is 9.84 Å². The summed E-state index contributed by atoms with van der Waals surface area (Å²) in [6, 6.07) is 5.02. The number of nitrogens with zero attached hydrogens (tertiary/aromatic N) is 2. The second-order valence-electron chi connectivity index (χ2n) is 5.70. The summed E-state index contributed by atoms with van der Waals surface area (Å²) in [5.74, 6) is -2.12. The van der Waals surface area contributed by atoms with Gasteiger partial charge >= 0.3 is 12.1 Å². The third-order valence-electron chi connectivity index (χ3n) is 3.84. The number of nitrogens with one attached hydrogen (secondary N) is 1. The molecule has 0 bridgehead atoms. The maximum absolute atomic E-state index is 13.3. The maximum atomic E-state index is 13.3. The SMILES string of the molecule is CCC(COC)NC(=O)c1ccc(-n2ncc(C(=O)O)c2C(F)(F)F)cc1.